The van der Waals surface area contributed by atoms with Crippen molar-refractivity contribution in [2.75, 3.05) is 25.9 Å². The molecular formula is C26H27ClN6O2. The third-order valence-electron chi connectivity index (χ3n) is 6.64. The number of halogens is 1. The van der Waals surface area contributed by atoms with E-state index in [0.29, 0.717) is 37.0 Å². The Morgan fingerprint density at radius 3 is 2.77 bits per heavy atom. The fraction of sp³-hybridized carbons (Fsp3) is 0.308. The molecule has 1 unspecified atom stereocenters. The second kappa shape index (κ2) is 9.73. The molecule has 1 fully saturated rings. The maximum Gasteiger partial charge on any atom is 0.242 e. The number of fused-ring (bicyclic) bond motifs is 2. The van der Waals surface area contributed by atoms with Gasteiger partial charge in [-0.1, -0.05) is 23.7 Å². The predicted molar refractivity (Wildman–Crippen MR) is 137 cm³/mol. The lowest BCUT2D eigenvalue weighted by molar-refractivity contribution is -0.149. The third kappa shape index (κ3) is 4.77. The van der Waals surface area contributed by atoms with Gasteiger partial charge in [-0.05, 0) is 48.2 Å². The number of piperazine rings is 1. The lowest BCUT2D eigenvalue weighted by atomic mass is 10.0. The van der Waals surface area contributed by atoms with Crippen LogP contribution in [0.2, 0.25) is 5.02 Å². The molecule has 3 heterocycles. The van der Waals surface area contributed by atoms with E-state index in [9.17, 15) is 4.79 Å². The van der Waals surface area contributed by atoms with Crippen molar-refractivity contribution in [3.8, 4) is 0 Å². The molecule has 9 heteroatoms. The molecule has 0 bridgehead atoms. The summed E-state index contributed by atoms with van der Waals surface area (Å²) in [5, 5.41) is 3.56. The number of pyridine rings is 1. The van der Waals surface area contributed by atoms with Gasteiger partial charge in [0.1, 0.15) is 18.2 Å². The van der Waals surface area contributed by atoms with Crippen LogP contribution in [0.1, 0.15) is 18.2 Å². The number of ether oxygens (including phenoxy) is 1. The van der Waals surface area contributed by atoms with Gasteiger partial charge in [0.2, 0.25) is 5.91 Å². The largest absolute Gasteiger partial charge is 0.383 e. The van der Waals surface area contributed by atoms with E-state index >= 15 is 0 Å². The summed E-state index contributed by atoms with van der Waals surface area (Å²) < 4.78 is 5.63. The van der Waals surface area contributed by atoms with Crippen molar-refractivity contribution < 1.29 is 9.53 Å². The molecule has 180 valence electrons. The van der Waals surface area contributed by atoms with Crippen LogP contribution in [-0.4, -0.2) is 63.0 Å². The predicted octanol–water partition coefficient (Wildman–Crippen LogP) is 3.66. The van der Waals surface area contributed by atoms with Gasteiger partial charge in [0, 0.05) is 55.3 Å². The van der Waals surface area contributed by atoms with E-state index in [-0.39, 0.29) is 12.0 Å². The van der Waals surface area contributed by atoms with E-state index in [1.807, 2.05) is 54.4 Å². The lowest BCUT2D eigenvalue weighted by Crippen LogP contribution is -2.60. The molecule has 4 aromatic rings. The summed E-state index contributed by atoms with van der Waals surface area (Å²) in [6, 6.07) is 13.3. The van der Waals surface area contributed by atoms with E-state index in [1.165, 1.54) is 6.33 Å². The van der Waals surface area contributed by atoms with Crippen LogP contribution in [0.3, 0.4) is 0 Å². The molecule has 1 saturated heterocycles. The molecule has 2 aromatic heterocycles. The molecule has 1 amide bonds. The number of amides is 1. The average molecular weight is 491 g/mol. The van der Waals surface area contributed by atoms with Gasteiger partial charge in [-0.2, -0.15) is 0 Å². The quantitative estimate of drug-likeness (QED) is 0.440. The van der Waals surface area contributed by atoms with Crippen molar-refractivity contribution in [2.24, 2.45) is 0 Å². The van der Waals surface area contributed by atoms with Crippen LogP contribution in [0.4, 0.5) is 5.82 Å². The maximum atomic E-state index is 13.6. The Morgan fingerprint density at radius 1 is 1.09 bits per heavy atom. The van der Waals surface area contributed by atoms with Crippen molar-refractivity contribution in [1.82, 2.24) is 24.8 Å². The summed E-state index contributed by atoms with van der Waals surface area (Å²) in [6.07, 6.45) is 3.02. The molecule has 0 spiro atoms. The number of nitrogen functional groups attached to an aromatic ring is 1. The Labute approximate surface area is 208 Å². The van der Waals surface area contributed by atoms with E-state index in [1.54, 1.807) is 7.11 Å². The zero-order chi connectivity index (χ0) is 24.5. The Balaban J connectivity index is 1.36. The molecule has 8 nitrogen and oxygen atoms in total. The third-order valence-corrected chi connectivity index (χ3v) is 6.88. The van der Waals surface area contributed by atoms with Crippen LogP contribution in [0.15, 0.2) is 55.0 Å². The Hall–Kier alpha value is -3.33. The zero-order valence-electron chi connectivity index (χ0n) is 19.7. The van der Waals surface area contributed by atoms with Crippen LogP contribution >= 0.6 is 11.6 Å². The number of methoxy groups -OCH3 is 1. The van der Waals surface area contributed by atoms with Gasteiger partial charge in [-0.15, -0.1) is 0 Å². The fourth-order valence-electron chi connectivity index (χ4n) is 4.70. The van der Waals surface area contributed by atoms with Gasteiger partial charge in [0.25, 0.3) is 0 Å². The highest BCUT2D eigenvalue weighted by Crippen LogP contribution is 2.24. The highest BCUT2D eigenvalue weighted by atomic mass is 35.5. The zero-order valence-corrected chi connectivity index (χ0v) is 20.4. The minimum Gasteiger partial charge on any atom is -0.383 e. The minimum absolute atomic E-state index is 0.0421. The lowest BCUT2D eigenvalue weighted by Gasteiger charge is -2.42. The van der Waals surface area contributed by atoms with Gasteiger partial charge < -0.3 is 15.4 Å². The second-order valence-electron chi connectivity index (χ2n) is 8.89. The van der Waals surface area contributed by atoms with Crippen molar-refractivity contribution >= 4 is 45.0 Å². The van der Waals surface area contributed by atoms with Crippen LogP contribution in [0, 0.1) is 0 Å². The first-order valence-electron chi connectivity index (χ1n) is 11.5. The molecule has 35 heavy (non-hydrogen) atoms. The average Bonchev–Trinajstić information content (AvgIpc) is 2.85. The van der Waals surface area contributed by atoms with Crippen LogP contribution in [0.5, 0.6) is 0 Å². The first-order valence-corrected chi connectivity index (χ1v) is 11.9. The summed E-state index contributed by atoms with van der Waals surface area (Å²) in [4.78, 5) is 30.6. The summed E-state index contributed by atoms with van der Waals surface area (Å²) in [5.41, 5.74) is 8.62. The summed E-state index contributed by atoms with van der Waals surface area (Å²) >= 11 is 6.10. The molecule has 5 rings (SSSR count). The van der Waals surface area contributed by atoms with E-state index < -0.39 is 6.04 Å². The number of benzene rings is 2. The first kappa shape index (κ1) is 23.4. The van der Waals surface area contributed by atoms with Gasteiger partial charge in [0.05, 0.1) is 17.3 Å². The smallest absolute Gasteiger partial charge is 0.242 e. The number of hydrogen-bond acceptors (Lipinski definition) is 7. The fourth-order valence-corrected chi connectivity index (χ4v) is 4.88. The molecule has 1 aliphatic rings. The van der Waals surface area contributed by atoms with Gasteiger partial charge in [0.15, 0.2) is 0 Å². The number of aromatic nitrogens is 3. The molecule has 1 aliphatic heterocycles. The number of anilines is 1. The highest BCUT2D eigenvalue weighted by Gasteiger charge is 2.38. The van der Waals surface area contributed by atoms with Gasteiger partial charge in [-0.25, -0.2) is 9.97 Å². The summed E-state index contributed by atoms with van der Waals surface area (Å²) in [7, 11) is 1.64. The van der Waals surface area contributed by atoms with Crippen molar-refractivity contribution in [3.63, 3.8) is 0 Å². The van der Waals surface area contributed by atoms with E-state index in [2.05, 4.69) is 25.9 Å². The number of hydrogen-bond donors (Lipinski definition) is 1. The SMILES string of the molecule is CO[C@H](C)C1C(=O)N(Cc2ccc3c(N)ncnc3c2)CCN1Cc1cc2ccc(Cl)cc2cn1. The van der Waals surface area contributed by atoms with Crippen molar-refractivity contribution in [2.45, 2.75) is 32.2 Å². The molecule has 2 atom stereocenters. The van der Waals surface area contributed by atoms with Gasteiger partial charge >= 0.3 is 0 Å². The number of carbonyl (C=O) groups excluding carboxylic acids is 1. The number of carbonyl (C=O) groups is 1. The standard InChI is InChI=1S/C26H27ClN6O2/c1-16(35-2)24-26(34)33(13-17-3-6-22-23(9-17)30-15-31-25(22)28)8-7-32(24)14-21-11-18-4-5-20(27)10-19(18)12-29-21/h3-6,9-12,15-16,24H,7-8,13-14H2,1-2H3,(H2,28,30,31)/t16-,24?/m1/s1. The van der Waals surface area contributed by atoms with E-state index in [0.717, 1.165) is 32.9 Å². The molecule has 0 saturated carbocycles. The molecular weight excluding hydrogens is 464 g/mol. The number of nitrogens with two attached hydrogens (primary N) is 1. The minimum atomic E-state index is -0.408. The number of rotatable bonds is 6. The first-order chi connectivity index (χ1) is 16.9. The Kier molecular flexibility index (Phi) is 6.51. The number of nitrogens with zero attached hydrogens (tertiary/aromatic N) is 5. The van der Waals surface area contributed by atoms with Crippen molar-refractivity contribution in [3.05, 3.63) is 71.3 Å². The maximum absolute atomic E-state index is 13.6. The van der Waals surface area contributed by atoms with Gasteiger partial charge in [-0.3, -0.25) is 14.7 Å². The molecule has 0 radical (unpaired) electrons. The van der Waals surface area contributed by atoms with Crippen LogP contribution in [0.25, 0.3) is 21.7 Å². The Bertz CT molecular complexity index is 1400. The molecule has 2 aromatic carbocycles. The molecule has 2 N–H and O–H groups in total. The molecule has 0 aliphatic carbocycles. The van der Waals surface area contributed by atoms with Crippen LogP contribution in [-0.2, 0) is 22.6 Å². The summed E-state index contributed by atoms with van der Waals surface area (Å²) in [6.45, 7) is 4.31. The van der Waals surface area contributed by atoms with Crippen LogP contribution < -0.4 is 5.73 Å². The monoisotopic (exact) mass is 490 g/mol. The normalized spacial score (nSPS) is 17.9. The highest BCUT2D eigenvalue weighted by molar-refractivity contribution is 6.31. The summed E-state index contributed by atoms with van der Waals surface area (Å²) in [5.74, 6) is 0.492. The Morgan fingerprint density at radius 2 is 1.94 bits per heavy atom. The van der Waals surface area contributed by atoms with Crippen molar-refractivity contribution in [1.29, 1.82) is 0 Å². The van der Waals surface area contributed by atoms with E-state index in [4.69, 9.17) is 22.1 Å². The topological polar surface area (TPSA) is 97.5 Å². The second-order valence-corrected chi connectivity index (χ2v) is 9.33.